The van der Waals surface area contributed by atoms with E-state index in [1.165, 1.54) is 11.2 Å². The number of carbonyl (C=O) groups is 1. The van der Waals surface area contributed by atoms with E-state index in [4.69, 9.17) is 11.6 Å². The zero-order chi connectivity index (χ0) is 26.2. The van der Waals surface area contributed by atoms with Crippen LogP contribution in [0.4, 0.5) is 10.5 Å². The highest BCUT2D eigenvalue weighted by Gasteiger charge is 2.33. The lowest BCUT2D eigenvalue weighted by molar-refractivity contribution is 0.215. The summed E-state index contributed by atoms with van der Waals surface area (Å²) < 4.78 is 1.64. The molecule has 1 N–H and O–H groups in total. The molecular weight excluding hydrogens is 492 g/mol. The molecule has 0 aliphatic carbocycles. The third-order valence-electron chi connectivity index (χ3n) is 5.72. The molecule has 1 atom stereocenters. The van der Waals surface area contributed by atoms with E-state index >= 15 is 0 Å². The van der Waals surface area contributed by atoms with Gasteiger partial charge in [0.15, 0.2) is 0 Å². The second kappa shape index (κ2) is 9.48. The summed E-state index contributed by atoms with van der Waals surface area (Å²) in [5.41, 5.74) is 2.97. The number of hydrogen-bond donors (Lipinski definition) is 1. The van der Waals surface area contributed by atoms with Crippen molar-refractivity contribution in [2.45, 2.75) is 32.4 Å². The first kappa shape index (κ1) is 24.1. The fourth-order valence-corrected chi connectivity index (χ4v) is 3.89. The number of rotatable bonds is 4. The number of anilines is 1. The molecule has 2 amide bonds. The Balaban J connectivity index is 1.34. The van der Waals surface area contributed by atoms with Crippen molar-refractivity contribution >= 4 is 29.0 Å². The lowest BCUT2D eigenvalue weighted by Crippen LogP contribution is -2.31. The fraction of sp³-hybridized carbons (Fsp3) is 0.240. The third kappa shape index (κ3) is 5.05. The van der Waals surface area contributed by atoms with Crippen molar-refractivity contribution in [1.82, 2.24) is 35.0 Å². The van der Waals surface area contributed by atoms with Gasteiger partial charge in [-0.05, 0) is 62.4 Å². The van der Waals surface area contributed by atoms with Gasteiger partial charge in [-0.15, -0.1) is 10.2 Å². The number of hydrazone groups is 1. The summed E-state index contributed by atoms with van der Waals surface area (Å²) in [5.74, 6) is 0.503. The van der Waals surface area contributed by atoms with Crippen LogP contribution in [0.15, 0.2) is 66.0 Å². The minimum atomic E-state index is -0.397. The van der Waals surface area contributed by atoms with Gasteiger partial charge >= 0.3 is 6.03 Å². The normalized spacial score (nSPS) is 15.4. The van der Waals surface area contributed by atoms with Crippen molar-refractivity contribution in [3.8, 4) is 17.5 Å². The number of halogens is 1. The predicted molar refractivity (Wildman–Crippen MR) is 138 cm³/mol. The molecule has 12 heteroatoms. The second-order valence-corrected chi connectivity index (χ2v) is 9.93. The van der Waals surface area contributed by atoms with E-state index in [0.717, 1.165) is 11.1 Å². The monoisotopic (exact) mass is 514 g/mol. The van der Waals surface area contributed by atoms with E-state index in [9.17, 15) is 10.1 Å². The number of aromatic nitrogens is 6. The number of urea groups is 1. The first-order chi connectivity index (χ1) is 17.7. The molecule has 186 valence electrons. The van der Waals surface area contributed by atoms with Gasteiger partial charge in [0.05, 0.1) is 29.6 Å². The lowest BCUT2D eigenvalue weighted by atomic mass is 10.0. The minimum Gasteiger partial charge on any atom is -0.306 e. The molecule has 11 nitrogen and oxygen atoms in total. The summed E-state index contributed by atoms with van der Waals surface area (Å²) in [4.78, 5) is 14.7. The van der Waals surface area contributed by atoms with E-state index in [2.05, 4.69) is 37.0 Å². The van der Waals surface area contributed by atoms with Crippen molar-refractivity contribution in [2.75, 3.05) is 11.9 Å². The van der Waals surface area contributed by atoms with Gasteiger partial charge in [0.2, 0.25) is 5.82 Å². The van der Waals surface area contributed by atoms with Crippen LogP contribution in [0.3, 0.4) is 0 Å². The maximum atomic E-state index is 13.1. The topological polar surface area (TPSA) is 130 Å². The van der Waals surface area contributed by atoms with Crippen molar-refractivity contribution in [1.29, 1.82) is 5.26 Å². The zero-order valence-corrected chi connectivity index (χ0v) is 21.1. The molecule has 0 saturated carbocycles. The molecule has 0 radical (unpaired) electrons. The Morgan fingerprint density at radius 1 is 1.11 bits per heavy atom. The van der Waals surface area contributed by atoms with E-state index < -0.39 is 6.03 Å². The van der Waals surface area contributed by atoms with E-state index in [-0.39, 0.29) is 18.1 Å². The maximum absolute atomic E-state index is 13.1. The number of nitriles is 1. The Morgan fingerprint density at radius 2 is 1.81 bits per heavy atom. The maximum Gasteiger partial charge on any atom is 0.342 e. The Hall–Kier alpha value is -4.56. The van der Waals surface area contributed by atoms with Crippen molar-refractivity contribution in [2.24, 2.45) is 5.10 Å². The molecule has 5 rings (SSSR count). The molecule has 2 aromatic heterocycles. The molecular formula is C25H23ClN10O. The van der Waals surface area contributed by atoms with Gasteiger partial charge in [-0.3, -0.25) is 4.68 Å². The summed E-state index contributed by atoms with van der Waals surface area (Å²) in [6, 6.07) is 15.7. The Labute approximate surface area is 218 Å². The van der Waals surface area contributed by atoms with Gasteiger partial charge < -0.3 is 5.32 Å². The van der Waals surface area contributed by atoms with Crippen molar-refractivity contribution in [3.63, 3.8) is 0 Å². The predicted octanol–water partition coefficient (Wildman–Crippen LogP) is 4.31. The van der Waals surface area contributed by atoms with Crippen molar-refractivity contribution < 1.29 is 4.79 Å². The highest BCUT2D eigenvalue weighted by Crippen LogP contribution is 2.26. The molecule has 1 unspecified atom stereocenters. The lowest BCUT2D eigenvalue weighted by Gasteiger charge is -2.16. The number of benzene rings is 2. The van der Waals surface area contributed by atoms with Gasteiger partial charge in [0.1, 0.15) is 12.1 Å². The number of nitrogens with one attached hydrogen (secondary N) is 1. The van der Waals surface area contributed by atoms with Crippen LogP contribution in [-0.4, -0.2) is 53.3 Å². The molecule has 1 aliphatic heterocycles. The molecule has 1 aliphatic rings. The molecule has 0 bridgehead atoms. The van der Waals surface area contributed by atoms with Gasteiger partial charge in [0.25, 0.3) is 0 Å². The molecule has 37 heavy (non-hydrogen) atoms. The van der Waals surface area contributed by atoms with Crippen LogP contribution in [0, 0.1) is 11.3 Å². The van der Waals surface area contributed by atoms with Crippen LogP contribution >= 0.6 is 11.6 Å². The zero-order valence-electron chi connectivity index (χ0n) is 20.4. The first-order valence-electron chi connectivity index (χ1n) is 11.5. The Kier molecular flexibility index (Phi) is 6.19. The van der Waals surface area contributed by atoms with E-state index in [1.54, 1.807) is 39.9 Å². The van der Waals surface area contributed by atoms with Crippen molar-refractivity contribution in [3.05, 3.63) is 77.1 Å². The highest BCUT2D eigenvalue weighted by atomic mass is 35.5. The van der Waals surface area contributed by atoms with E-state index in [1.807, 2.05) is 45.0 Å². The number of carbonyl (C=O) groups excluding carboxylic acids is 1. The van der Waals surface area contributed by atoms with E-state index in [0.29, 0.717) is 27.8 Å². The van der Waals surface area contributed by atoms with Gasteiger partial charge in [0, 0.05) is 28.0 Å². The Morgan fingerprint density at radius 3 is 2.43 bits per heavy atom. The minimum absolute atomic E-state index is 0.244. The molecule has 2 aromatic carbocycles. The summed E-state index contributed by atoms with van der Waals surface area (Å²) in [6.07, 6.45) is 3.12. The average molecular weight is 515 g/mol. The average Bonchev–Trinajstić information content (AvgIpc) is 3.64. The van der Waals surface area contributed by atoms with Gasteiger partial charge in [-0.25, -0.2) is 9.80 Å². The smallest absolute Gasteiger partial charge is 0.306 e. The number of nitrogens with zero attached hydrogens (tertiary/aromatic N) is 9. The van der Waals surface area contributed by atoms with Crippen LogP contribution in [0.5, 0.6) is 0 Å². The van der Waals surface area contributed by atoms with Gasteiger partial charge in [-0.2, -0.15) is 20.3 Å². The van der Waals surface area contributed by atoms with Gasteiger partial charge in [-0.1, -0.05) is 23.7 Å². The summed E-state index contributed by atoms with van der Waals surface area (Å²) >= 11 is 6.05. The molecule has 3 heterocycles. The Bertz CT molecular complexity index is 1510. The summed E-state index contributed by atoms with van der Waals surface area (Å²) in [7, 11) is 0. The fourth-order valence-electron chi connectivity index (χ4n) is 3.77. The van der Waals surface area contributed by atoms with Crippen LogP contribution in [0.25, 0.3) is 11.4 Å². The molecule has 0 saturated heterocycles. The highest BCUT2D eigenvalue weighted by molar-refractivity contribution is 6.30. The molecule has 4 aromatic rings. The second-order valence-electron chi connectivity index (χ2n) is 9.49. The largest absolute Gasteiger partial charge is 0.342 e. The third-order valence-corrected chi connectivity index (χ3v) is 5.97. The van der Waals surface area contributed by atoms with Crippen LogP contribution < -0.4 is 5.32 Å². The number of amides is 2. The molecule has 0 spiro atoms. The standard InChI is InChI=1S/C25H23ClN10O/c1-25(2,3)36-32-23(30-33-36)18-6-10-20(11-7-18)29-24(37)35-15-21(34-14-16(12-27)13-28-34)22(31-35)17-4-8-19(26)9-5-17/h4-11,13-14,21H,15H2,1-3H3,(H,29,37). The quantitative estimate of drug-likeness (QED) is 0.432. The first-order valence-corrected chi connectivity index (χ1v) is 11.9. The SMILES string of the molecule is CC(C)(C)n1nnc(-c2ccc(NC(=O)N3CC(n4cc(C#N)cn4)C(c4ccc(Cl)cc4)=N3)cc2)n1. The summed E-state index contributed by atoms with van der Waals surface area (Å²) in [5, 5.41) is 35.6. The number of hydrogen-bond acceptors (Lipinski definition) is 7. The van der Waals surface area contributed by atoms with Crippen LogP contribution in [0.1, 0.15) is 37.9 Å². The number of tetrazole rings is 1. The van der Waals surface area contributed by atoms with Crippen LogP contribution in [-0.2, 0) is 5.54 Å². The molecule has 0 fully saturated rings. The van der Waals surface area contributed by atoms with Crippen LogP contribution in [0.2, 0.25) is 5.02 Å². The summed E-state index contributed by atoms with van der Waals surface area (Å²) in [6.45, 7) is 6.23.